The molecule has 2 aromatic carbocycles. The van der Waals surface area contributed by atoms with Gasteiger partial charge in [-0.2, -0.15) is 0 Å². The van der Waals surface area contributed by atoms with E-state index in [1.54, 1.807) is 0 Å². The summed E-state index contributed by atoms with van der Waals surface area (Å²) in [5.41, 5.74) is 3.47. The van der Waals surface area contributed by atoms with Crippen molar-refractivity contribution in [3.8, 4) is 0 Å². The van der Waals surface area contributed by atoms with Crippen molar-refractivity contribution in [2.24, 2.45) is 11.8 Å². The molecule has 0 aromatic heterocycles. The molecule has 0 saturated heterocycles. The van der Waals surface area contributed by atoms with Gasteiger partial charge in [-0.1, -0.05) is 74.0 Å². The van der Waals surface area contributed by atoms with Crippen LogP contribution in [0.2, 0.25) is 0 Å². The molecular weight excluding hydrogens is 336 g/mol. The molecular formula is C24H32O3. The van der Waals surface area contributed by atoms with E-state index in [4.69, 9.17) is 9.47 Å². The van der Waals surface area contributed by atoms with E-state index in [0.29, 0.717) is 25.6 Å². The second-order valence-electron chi connectivity index (χ2n) is 7.51. The summed E-state index contributed by atoms with van der Waals surface area (Å²) in [5.74, 6) is 0.146. The first-order valence-corrected chi connectivity index (χ1v) is 9.88. The summed E-state index contributed by atoms with van der Waals surface area (Å²) in [6, 6.07) is 18.5. The van der Waals surface area contributed by atoms with Gasteiger partial charge in [-0.05, 0) is 43.7 Å². The molecule has 2 atom stereocenters. The van der Waals surface area contributed by atoms with Crippen LogP contribution in [0.1, 0.15) is 56.4 Å². The summed E-state index contributed by atoms with van der Waals surface area (Å²) < 4.78 is 11.6. The van der Waals surface area contributed by atoms with Crippen molar-refractivity contribution in [2.45, 2.75) is 53.2 Å². The highest BCUT2D eigenvalue weighted by Crippen LogP contribution is 2.30. The Hall–Kier alpha value is -2.13. The lowest BCUT2D eigenvalue weighted by atomic mass is 9.89. The van der Waals surface area contributed by atoms with Gasteiger partial charge in [0.05, 0.1) is 25.2 Å². The molecule has 3 heteroatoms. The van der Waals surface area contributed by atoms with Crippen LogP contribution >= 0.6 is 0 Å². The Labute approximate surface area is 163 Å². The molecule has 0 radical (unpaired) electrons. The second kappa shape index (κ2) is 10.9. The van der Waals surface area contributed by atoms with E-state index < -0.39 is 0 Å². The van der Waals surface area contributed by atoms with Crippen LogP contribution in [0, 0.1) is 18.8 Å². The molecule has 0 unspecified atom stereocenters. The third kappa shape index (κ3) is 7.18. The first-order chi connectivity index (χ1) is 13.0. The number of ether oxygens (including phenoxy) is 2. The first-order valence-electron chi connectivity index (χ1n) is 9.88. The summed E-state index contributed by atoms with van der Waals surface area (Å²) in [7, 11) is 0. The normalized spacial score (nSPS) is 13.4. The molecule has 2 aromatic rings. The molecule has 0 spiro atoms. The fraction of sp³-hybridized carbons (Fsp3) is 0.458. The largest absolute Gasteiger partial charge is 0.466 e. The van der Waals surface area contributed by atoms with Crippen LogP contribution < -0.4 is 0 Å². The van der Waals surface area contributed by atoms with Crippen molar-refractivity contribution in [3.63, 3.8) is 0 Å². The monoisotopic (exact) mass is 368 g/mol. The van der Waals surface area contributed by atoms with E-state index in [2.05, 4.69) is 57.2 Å². The summed E-state index contributed by atoms with van der Waals surface area (Å²) in [4.78, 5) is 12.5. The van der Waals surface area contributed by atoms with Crippen molar-refractivity contribution >= 4 is 5.97 Å². The van der Waals surface area contributed by atoms with Crippen LogP contribution in [0.3, 0.4) is 0 Å². The van der Waals surface area contributed by atoms with E-state index in [9.17, 15) is 4.79 Å². The minimum absolute atomic E-state index is 0.119. The predicted molar refractivity (Wildman–Crippen MR) is 109 cm³/mol. The lowest BCUT2D eigenvalue weighted by molar-refractivity contribution is -0.150. The first kappa shape index (κ1) is 21.2. The standard InChI is InChI=1S/C24H32O3/c1-5-26-24(25)22(15-18(2)3)16-23(21-9-7-6-8-10-21)27-17-20-13-11-19(4)12-14-20/h6-14,18,22-23H,5,15-17H2,1-4H3/t22-,23-/m0/s1. The fourth-order valence-corrected chi connectivity index (χ4v) is 3.23. The summed E-state index contributed by atoms with van der Waals surface area (Å²) >= 11 is 0. The van der Waals surface area contributed by atoms with Crippen LogP contribution in [-0.2, 0) is 20.9 Å². The Morgan fingerprint density at radius 3 is 2.22 bits per heavy atom. The van der Waals surface area contributed by atoms with E-state index in [1.165, 1.54) is 5.56 Å². The SMILES string of the molecule is CCOC(=O)[C@@H](CC(C)C)C[C@H](OCc1ccc(C)cc1)c1ccccc1. The fourth-order valence-electron chi connectivity index (χ4n) is 3.23. The summed E-state index contributed by atoms with van der Waals surface area (Å²) in [6.45, 7) is 9.14. The van der Waals surface area contributed by atoms with Crippen LogP contribution in [-0.4, -0.2) is 12.6 Å². The number of aryl methyl sites for hydroxylation is 1. The van der Waals surface area contributed by atoms with Gasteiger partial charge < -0.3 is 9.47 Å². The molecule has 27 heavy (non-hydrogen) atoms. The topological polar surface area (TPSA) is 35.5 Å². The molecule has 0 amide bonds. The quantitative estimate of drug-likeness (QED) is 0.492. The maximum Gasteiger partial charge on any atom is 0.309 e. The van der Waals surface area contributed by atoms with Crippen molar-refractivity contribution in [1.82, 2.24) is 0 Å². The molecule has 0 N–H and O–H groups in total. The van der Waals surface area contributed by atoms with Crippen LogP contribution in [0.4, 0.5) is 0 Å². The van der Waals surface area contributed by atoms with Gasteiger partial charge in [0.1, 0.15) is 0 Å². The Morgan fingerprint density at radius 1 is 0.963 bits per heavy atom. The minimum Gasteiger partial charge on any atom is -0.466 e. The highest BCUT2D eigenvalue weighted by atomic mass is 16.5. The number of hydrogen-bond donors (Lipinski definition) is 0. The highest BCUT2D eigenvalue weighted by Gasteiger charge is 2.26. The van der Waals surface area contributed by atoms with Crippen LogP contribution in [0.5, 0.6) is 0 Å². The number of esters is 1. The molecule has 0 heterocycles. The Balaban J connectivity index is 2.15. The van der Waals surface area contributed by atoms with E-state index in [0.717, 1.165) is 17.5 Å². The van der Waals surface area contributed by atoms with E-state index >= 15 is 0 Å². The molecule has 0 bridgehead atoms. The Bertz CT molecular complexity index is 677. The van der Waals surface area contributed by atoms with Crippen molar-refractivity contribution in [1.29, 1.82) is 0 Å². The van der Waals surface area contributed by atoms with Gasteiger partial charge in [-0.25, -0.2) is 0 Å². The van der Waals surface area contributed by atoms with E-state index in [1.807, 2.05) is 25.1 Å². The average molecular weight is 369 g/mol. The molecule has 0 aliphatic carbocycles. The number of hydrogen-bond acceptors (Lipinski definition) is 3. The van der Waals surface area contributed by atoms with Crippen LogP contribution in [0.25, 0.3) is 0 Å². The molecule has 2 rings (SSSR count). The maximum absolute atomic E-state index is 12.5. The van der Waals surface area contributed by atoms with E-state index in [-0.39, 0.29) is 18.0 Å². The molecule has 0 aliphatic heterocycles. The van der Waals surface area contributed by atoms with Crippen LogP contribution in [0.15, 0.2) is 54.6 Å². The molecule has 146 valence electrons. The smallest absolute Gasteiger partial charge is 0.309 e. The van der Waals surface area contributed by atoms with Crippen molar-refractivity contribution in [2.75, 3.05) is 6.61 Å². The van der Waals surface area contributed by atoms with Gasteiger partial charge in [0.15, 0.2) is 0 Å². The van der Waals surface area contributed by atoms with Gasteiger partial charge in [-0.3, -0.25) is 4.79 Å². The Kier molecular flexibility index (Phi) is 8.53. The lowest BCUT2D eigenvalue weighted by Gasteiger charge is -2.24. The highest BCUT2D eigenvalue weighted by molar-refractivity contribution is 5.72. The lowest BCUT2D eigenvalue weighted by Crippen LogP contribution is -2.23. The average Bonchev–Trinajstić information content (AvgIpc) is 2.66. The molecule has 0 fully saturated rings. The predicted octanol–water partition coefficient (Wildman–Crippen LogP) is 5.87. The van der Waals surface area contributed by atoms with Gasteiger partial charge in [-0.15, -0.1) is 0 Å². The zero-order valence-electron chi connectivity index (χ0n) is 17.0. The number of rotatable bonds is 10. The van der Waals surface area contributed by atoms with Gasteiger partial charge in [0.2, 0.25) is 0 Å². The minimum atomic E-state index is -0.159. The maximum atomic E-state index is 12.5. The second-order valence-corrected chi connectivity index (χ2v) is 7.51. The molecule has 3 nitrogen and oxygen atoms in total. The summed E-state index contributed by atoms with van der Waals surface area (Å²) in [5, 5.41) is 0. The van der Waals surface area contributed by atoms with Crippen molar-refractivity contribution < 1.29 is 14.3 Å². The van der Waals surface area contributed by atoms with Gasteiger partial charge >= 0.3 is 5.97 Å². The third-order valence-corrected chi connectivity index (χ3v) is 4.62. The summed E-state index contributed by atoms with van der Waals surface area (Å²) in [6.07, 6.45) is 1.30. The number of carbonyl (C=O) groups excluding carboxylic acids is 1. The molecule has 0 saturated carbocycles. The van der Waals surface area contributed by atoms with Gasteiger partial charge in [0.25, 0.3) is 0 Å². The zero-order valence-corrected chi connectivity index (χ0v) is 17.0. The number of benzene rings is 2. The van der Waals surface area contributed by atoms with Gasteiger partial charge in [0, 0.05) is 0 Å². The number of carbonyl (C=O) groups is 1. The Morgan fingerprint density at radius 2 is 1.63 bits per heavy atom. The zero-order chi connectivity index (χ0) is 19.6. The molecule has 0 aliphatic rings. The van der Waals surface area contributed by atoms with Crippen molar-refractivity contribution in [3.05, 3.63) is 71.3 Å². The third-order valence-electron chi connectivity index (χ3n) is 4.62.